The van der Waals surface area contributed by atoms with Gasteiger partial charge in [-0.15, -0.1) is 0 Å². The summed E-state index contributed by atoms with van der Waals surface area (Å²) in [7, 11) is 1.56. The Kier molecular flexibility index (Phi) is 8.82. The highest BCUT2D eigenvalue weighted by Crippen LogP contribution is 2.29. The Morgan fingerprint density at radius 3 is 2.64 bits per heavy atom. The number of hydrogen-bond donors (Lipinski definition) is 2. The van der Waals surface area contributed by atoms with Crippen LogP contribution in [0, 0.1) is 0 Å². The third-order valence-electron chi connectivity index (χ3n) is 4.47. The molecule has 8 nitrogen and oxygen atoms in total. The van der Waals surface area contributed by atoms with Crippen molar-refractivity contribution in [3.63, 3.8) is 0 Å². The van der Waals surface area contributed by atoms with Gasteiger partial charge in [-0.1, -0.05) is 11.6 Å². The van der Waals surface area contributed by atoms with Crippen LogP contribution in [0.1, 0.15) is 30.1 Å². The minimum absolute atomic E-state index is 0.0130. The minimum atomic E-state index is -0.266. The van der Waals surface area contributed by atoms with Gasteiger partial charge < -0.3 is 25.3 Å². The van der Waals surface area contributed by atoms with E-state index in [1.165, 1.54) is 6.07 Å². The lowest BCUT2D eigenvalue weighted by molar-refractivity contribution is -0.146. The van der Waals surface area contributed by atoms with E-state index in [1.54, 1.807) is 13.2 Å². The monoisotopic (exact) mass is 413 g/mol. The van der Waals surface area contributed by atoms with Gasteiger partial charge in [0.15, 0.2) is 0 Å². The molecule has 0 aromatic heterocycles. The molecule has 3 N–H and O–H groups in total. The molecule has 0 saturated carbocycles. The molecule has 2 rings (SSSR count). The molecule has 0 radical (unpaired) electrons. The van der Waals surface area contributed by atoms with Gasteiger partial charge in [0.25, 0.3) is 5.91 Å². The van der Waals surface area contributed by atoms with Crippen LogP contribution in [0.2, 0.25) is 5.02 Å². The van der Waals surface area contributed by atoms with Crippen molar-refractivity contribution in [3.8, 4) is 5.75 Å². The summed E-state index contributed by atoms with van der Waals surface area (Å²) in [6.45, 7) is 4.54. The van der Waals surface area contributed by atoms with Crippen molar-refractivity contribution in [2.45, 2.75) is 25.8 Å². The normalized spacial score (nSPS) is 15.2. The van der Waals surface area contributed by atoms with Crippen molar-refractivity contribution in [2.24, 2.45) is 0 Å². The van der Waals surface area contributed by atoms with Gasteiger partial charge in [-0.25, -0.2) is 0 Å². The van der Waals surface area contributed by atoms with E-state index in [1.807, 2.05) is 11.8 Å². The van der Waals surface area contributed by atoms with E-state index >= 15 is 0 Å². The molecule has 1 saturated heterocycles. The Morgan fingerprint density at radius 1 is 1.29 bits per heavy atom. The van der Waals surface area contributed by atoms with Crippen molar-refractivity contribution in [1.29, 1.82) is 0 Å². The van der Waals surface area contributed by atoms with Gasteiger partial charge >= 0.3 is 5.97 Å². The Balaban J connectivity index is 1.85. The number of nitrogens with zero attached hydrogens (tertiary/aromatic N) is 1. The molecule has 1 aliphatic heterocycles. The van der Waals surface area contributed by atoms with Gasteiger partial charge in [0.05, 0.1) is 36.0 Å². The molecule has 0 spiro atoms. The summed E-state index contributed by atoms with van der Waals surface area (Å²) in [6, 6.07) is 3.11. The summed E-state index contributed by atoms with van der Waals surface area (Å²) >= 11 is 6.07. The second kappa shape index (κ2) is 11.1. The highest BCUT2D eigenvalue weighted by molar-refractivity contribution is 6.33. The Labute approximate surface area is 170 Å². The van der Waals surface area contributed by atoms with E-state index in [2.05, 4.69) is 5.32 Å². The first-order chi connectivity index (χ1) is 13.4. The van der Waals surface area contributed by atoms with Crippen LogP contribution >= 0.6 is 11.6 Å². The van der Waals surface area contributed by atoms with Gasteiger partial charge in [-0.05, 0) is 25.8 Å². The SMILES string of the molecule is CCOc1cc(N)c(Cl)cc1C(=O)NC1CCN(CC(=O)OCCOC)CC1. The number of rotatable bonds is 9. The molecule has 0 atom stereocenters. The largest absolute Gasteiger partial charge is 0.493 e. The molecule has 1 amide bonds. The number of nitrogen functional groups attached to an aromatic ring is 1. The van der Waals surface area contributed by atoms with Gasteiger partial charge in [0.2, 0.25) is 0 Å². The summed E-state index contributed by atoms with van der Waals surface area (Å²) in [5.41, 5.74) is 6.54. The zero-order valence-corrected chi connectivity index (χ0v) is 17.1. The lowest BCUT2D eigenvalue weighted by Crippen LogP contribution is -2.46. The number of esters is 1. The molecule has 0 unspecified atom stereocenters. The van der Waals surface area contributed by atoms with E-state index in [0.29, 0.717) is 48.3 Å². The highest BCUT2D eigenvalue weighted by atomic mass is 35.5. The predicted molar refractivity (Wildman–Crippen MR) is 107 cm³/mol. The molecular formula is C19H28ClN3O5. The zero-order chi connectivity index (χ0) is 20.5. The number of ether oxygens (including phenoxy) is 3. The van der Waals surface area contributed by atoms with Crippen molar-refractivity contribution < 1.29 is 23.8 Å². The van der Waals surface area contributed by atoms with E-state index in [0.717, 1.165) is 12.8 Å². The number of carbonyl (C=O) groups excluding carboxylic acids is 2. The number of hydrogen-bond acceptors (Lipinski definition) is 7. The maximum absolute atomic E-state index is 12.7. The minimum Gasteiger partial charge on any atom is -0.493 e. The second-order valence-electron chi connectivity index (χ2n) is 6.54. The first kappa shape index (κ1) is 22.3. The zero-order valence-electron chi connectivity index (χ0n) is 16.3. The van der Waals surface area contributed by atoms with Crippen LogP contribution in [0.3, 0.4) is 0 Å². The number of halogens is 1. The number of likely N-dealkylation sites (tertiary alicyclic amines) is 1. The van der Waals surface area contributed by atoms with Crippen LogP contribution in [-0.2, 0) is 14.3 Å². The summed E-state index contributed by atoms with van der Waals surface area (Å²) in [5, 5.41) is 3.33. The number of anilines is 1. The fourth-order valence-electron chi connectivity index (χ4n) is 2.99. The van der Waals surface area contributed by atoms with E-state index in [9.17, 15) is 9.59 Å². The number of nitrogens with one attached hydrogen (secondary N) is 1. The molecule has 1 heterocycles. The van der Waals surface area contributed by atoms with Crippen molar-refractivity contribution in [2.75, 3.05) is 52.3 Å². The summed E-state index contributed by atoms with van der Waals surface area (Å²) in [4.78, 5) is 26.5. The standard InChI is InChI=1S/C19H28ClN3O5/c1-3-27-17-11-16(21)15(20)10-14(17)19(25)22-13-4-6-23(7-5-13)12-18(24)28-9-8-26-2/h10-11,13H,3-9,12,21H2,1-2H3,(H,22,25). The predicted octanol–water partition coefficient (Wildman–Crippen LogP) is 1.70. The van der Waals surface area contributed by atoms with Crippen molar-refractivity contribution in [1.82, 2.24) is 10.2 Å². The molecule has 1 aliphatic rings. The number of methoxy groups -OCH3 is 1. The Hall–Kier alpha value is -2.03. The first-order valence-corrected chi connectivity index (χ1v) is 9.72. The first-order valence-electron chi connectivity index (χ1n) is 9.34. The van der Waals surface area contributed by atoms with Crippen LogP contribution in [0.15, 0.2) is 12.1 Å². The fraction of sp³-hybridized carbons (Fsp3) is 0.579. The quantitative estimate of drug-likeness (QED) is 0.361. The molecule has 1 fully saturated rings. The van der Waals surface area contributed by atoms with E-state index in [4.69, 9.17) is 31.5 Å². The smallest absolute Gasteiger partial charge is 0.320 e. The Morgan fingerprint density at radius 2 is 2.00 bits per heavy atom. The van der Waals surface area contributed by atoms with Gasteiger partial charge in [-0.2, -0.15) is 0 Å². The number of amides is 1. The third kappa shape index (κ3) is 6.54. The number of carbonyl (C=O) groups is 2. The van der Waals surface area contributed by atoms with Gasteiger partial charge in [0.1, 0.15) is 12.4 Å². The topological polar surface area (TPSA) is 103 Å². The van der Waals surface area contributed by atoms with E-state index in [-0.39, 0.29) is 31.1 Å². The van der Waals surface area contributed by atoms with Crippen LogP contribution in [0.4, 0.5) is 5.69 Å². The molecule has 1 aromatic carbocycles. The average molecular weight is 414 g/mol. The molecule has 1 aromatic rings. The number of benzene rings is 1. The molecule has 28 heavy (non-hydrogen) atoms. The fourth-order valence-corrected chi connectivity index (χ4v) is 3.15. The highest BCUT2D eigenvalue weighted by Gasteiger charge is 2.24. The summed E-state index contributed by atoms with van der Waals surface area (Å²) in [5.74, 6) is -0.0988. The van der Waals surface area contributed by atoms with Crippen molar-refractivity contribution in [3.05, 3.63) is 22.7 Å². The molecular weight excluding hydrogens is 386 g/mol. The van der Waals surface area contributed by atoms with Crippen molar-refractivity contribution >= 4 is 29.2 Å². The lowest BCUT2D eigenvalue weighted by Gasteiger charge is -2.31. The Bertz CT molecular complexity index is 678. The average Bonchev–Trinajstić information content (AvgIpc) is 2.66. The van der Waals surface area contributed by atoms with Gasteiger partial charge in [-0.3, -0.25) is 14.5 Å². The molecule has 0 bridgehead atoms. The second-order valence-corrected chi connectivity index (χ2v) is 6.95. The maximum atomic E-state index is 12.7. The van der Waals surface area contributed by atoms with Crippen LogP contribution in [-0.4, -0.2) is 69.4 Å². The third-order valence-corrected chi connectivity index (χ3v) is 4.80. The lowest BCUT2D eigenvalue weighted by atomic mass is 10.0. The van der Waals surface area contributed by atoms with Crippen LogP contribution in [0.25, 0.3) is 0 Å². The molecule has 0 aliphatic carbocycles. The van der Waals surface area contributed by atoms with E-state index < -0.39 is 0 Å². The number of piperidine rings is 1. The maximum Gasteiger partial charge on any atom is 0.320 e. The molecule has 156 valence electrons. The molecule has 9 heteroatoms. The summed E-state index contributed by atoms with van der Waals surface area (Å²) < 4.78 is 15.4. The van der Waals surface area contributed by atoms with Crippen LogP contribution < -0.4 is 15.8 Å². The number of nitrogens with two attached hydrogens (primary N) is 1. The van der Waals surface area contributed by atoms with Gasteiger partial charge in [0, 0.05) is 32.3 Å². The summed E-state index contributed by atoms with van der Waals surface area (Å²) in [6.07, 6.45) is 1.48. The van der Waals surface area contributed by atoms with Crippen LogP contribution in [0.5, 0.6) is 5.75 Å².